The first-order valence-corrected chi connectivity index (χ1v) is 3.71. The minimum absolute atomic E-state index is 0.752. The summed E-state index contributed by atoms with van der Waals surface area (Å²) in [4.78, 5) is 13.9. The summed E-state index contributed by atoms with van der Waals surface area (Å²) >= 11 is 0. The molecular weight excluding hydrogens is 138 g/mol. The Labute approximate surface area is 54.9 Å². The van der Waals surface area contributed by atoms with Crippen LogP contribution in [-0.2, 0) is 0 Å². The van der Waals surface area contributed by atoms with E-state index < -0.39 is 15.8 Å². The van der Waals surface area contributed by atoms with Crippen LogP contribution >= 0.6 is 10.5 Å². The van der Waals surface area contributed by atoms with Crippen molar-refractivity contribution >= 4 is 15.8 Å². The maximum Gasteiger partial charge on any atom is 0.302 e. The van der Waals surface area contributed by atoms with Crippen molar-refractivity contribution in [3.63, 3.8) is 0 Å². The molecular formula is C5H5NO2S. The molecule has 1 unspecified atom stereocenters. The zero-order valence-corrected chi connectivity index (χ0v) is 5.64. The maximum absolute atomic E-state index is 10.1. The zero-order chi connectivity index (χ0) is 6.85. The van der Waals surface area contributed by atoms with Gasteiger partial charge in [-0.1, -0.05) is 0 Å². The fourth-order valence-corrected chi connectivity index (χ4v) is 1.43. The molecule has 0 N–H and O–H groups in total. The van der Waals surface area contributed by atoms with Gasteiger partial charge in [0.2, 0.25) is 5.51 Å². The third-order valence-corrected chi connectivity index (χ3v) is 2.17. The van der Waals surface area contributed by atoms with Crippen molar-refractivity contribution in [3.05, 3.63) is 16.6 Å². The first-order chi connectivity index (χ1) is 4.20. The Morgan fingerprint density at radius 3 is 2.78 bits per heavy atom. The molecule has 0 bridgehead atoms. The monoisotopic (exact) mass is 143 g/mol. The highest BCUT2D eigenvalue weighted by Gasteiger charge is 2.06. The third kappa shape index (κ3) is 1.26. The van der Waals surface area contributed by atoms with Gasteiger partial charge in [0.15, 0.2) is 5.38 Å². The highest BCUT2D eigenvalue weighted by molar-refractivity contribution is 7.47. The molecule has 3 nitrogen and oxygen atoms in total. The number of hydrogen-bond acceptors (Lipinski definition) is 3. The number of rotatable bonds is 1. The van der Waals surface area contributed by atoms with E-state index in [1.807, 2.05) is 0 Å². The van der Waals surface area contributed by atoms with Crippen molar-refractivity contribution in [2.24, 2.45) is 0 Å². The van der Waals surface area contributed by atoms with Gasteiger partial charge < -0.3 is 9.90 Å². The van der Waals surface area contributed by atoms with Crippen molar-refractivity contribution in [2.75, 3.05) is 0 Å². The van der Waals surface area contributed by atoms with Crippen LogP contribution < -0.4 is 5.11 Å². The molecule has 0 aliphatic carbocycles. The fraction of sp³-hybridized carbons (Fsp3) is 0.200. The second kappa shape index (κ2) is 2.14. The summed E-state index contributed by atoms with van der Waals surface area (Å²) in [6, 6.07) is 0. The number of hydrogen-bond donors (Lipinski definition) is 0. The topological polar surface area (TPSA) is 53.0 Å². The standard InChI is InChI=1S/C5H5NO2S/c1-4-2-9(3-6-4)5(7)8/h2-3H,1H3. The normalized spacial score (nSPS) is 11.4. The molecule has 0 aliphatic heterocycles. The van der Waals surface area contributed by atoms with Crippen molar-refractivity contribution in [1.29, 1.82) is 0 Å². The van der Waals surface area contributed by atoms with Crippen LogP contribution in [0.5, 0.6) is 0 Å². The van der Waals surface area contributed by atoms with Gasteiger partial charge in [-0.15, -0.1) is 0 Å². The van der Waals surface area contributed by atoms with E-state index in [1.54, 1.807) is 12.3 Å². The zero-order valence-electron chi connectivity index (χ0n) is 4.83. The molecule has 1 heterocycles. The molecule has 9 heavy (non-hydrogen) atoms. The van der Waals surface area contributed by atoms with Gasteiger partial charge in [-0.2, -0.15) is 0 Å². The van der Waals surface area contributed by atoms with Crippen LogP contribution in [0.25, 0.3) is 0 Å². The second-order valence-corrected chi connectivity index (χ2v) is 3.14. The molecule has 0 spiro atoms. The summed E-state index contributed by atoms with van der Waals surface area (Å²) in [6.45, 7) is 1.76. The summed E-state index contributed by atoms with van der Waals surface area (Å²) in [5.41, 5.74) is 2.15. The van der Waals surface area contributed by atoms with Crippen LogP contribution in [0.3, 0.4) is 0 Å². The molecule has 0 saturated heterocycles. The number of aryl methyl sites for hydroxylation is 1. The summed E-state index contributed by atoms with van der Waals surface area (Å²) in [6.07, 6.45) is 0. The number of carbonyl (C=O) groups is 1. The SMILES string of the molecule is Cc1c[s+](C(=O)[O-])cn1. The lowest BCUT2D eigenvalue weighted by atomic mass is 10.6. The van der Waals surface area contributed by atoms with Crippen molar-refractivity contribution < 1.29 is 9.90 Å². The van der Waals surface area contributed by atoms with Crippen molar-refractivity contribution in [1.82, 2.24) is 4.98 Å². The minimum atomic E-state index is -1.06. The van der Waals surface area contributed by atoms with Gasteiger partial charge in [0, 0.05) is 0 Å². The third-order valence-electron chi connectivity index (χ3n) is 0.860. The summed E-state index contributed by atoms with van der Waals surface area (Å²) in [5.74, 6) is 0. The number of aromatic nitrogens is 1. The van der Waals surface area contributed by atoms with E-state index in [1.165, 1.54) is 5.51 Å². The average molecular weight is 143 g/mol. The molecule has 0 radical (unpaired) electrons. The lowest BCUT2D eigenvalue weighted by molar-refractivity contribution is -0.233. The Balaban J connectivity index is 2.98. The fourth-order valence-electron chi connectivity index (χ4n) is 0.476. The van der Waals surface area contributed by atoms with Crippen LogP contribution in [0.1, 0.15) is 5.69 Å². The molecule has 1 aromatic heterocycles. The molecule has 0 aromatic carbocycles. The number of thiazole rings is 1. The van der Waals surface area contributed by atoms with E-state index >= 15 is 0 Å². The minimum Gasteiger partial charge on any atom is -0.500 e. The van der Waals surface area contributed by atoms with Gasteiger partial charge >= 0.3 is 5.30 Å². The number of carboxylic acid groups (broad SMARTS) is 1. The van der Waals surface area contributed by atoms with Gasteiger partial charge in [0.1, 0.15) is 0 Å². The van der Waals surface area contributed by atoms with E-state index in [-0.39, 0.29) is 0 Å². The Hall–Kier alpha value is -0.900. The Bertz CT molecular complexity index is 231. The van der Waals surface area contributed by atoms with E-state index in [2.05, 4.69) is 4.98 Å². The molecule has 1 atom stereocenters. The quantitative estimate of drug-likeness (QED) is 0.532. The molecule has 0 saturated carbocycles. The summed E-state index contributed by atoms with van der Waals surface area (Å²) < 4.78 is 0. The average Bonchev–Trinajstić information content (AvgIpc) is 2.14. The highest BCUT2D eigenvalue weighted by atomic mass is 32.2. The van der Waals surface area contributed by atoms with Gasteiger partial charge in [0.25, 0.3) is 0 Å². The van der Waals surface area contributed by atoms with Crippen LogP contribution in [0.2, 0.25) is 0 Å². The van der Waals surface area contributed by atoms with E-state index in [4.69, 9.17) is 0 Å². The molecule has 4 heteroatoms. The molecule has 0 fully saturated rings. The van der Waals surface area contributed by atoms with Crippen molar-refractivity contribution in [2.45, 2.75) is 6.92 Å². The van der Waals surface area contributed by atoms with Crippen molar-refractivity contribution in [3.8, 4) is 0 Å². The van der Waals surface area contributed by atoms with Crippen LogP contribution in [0.4, 0.5) is 4.79 Å². The molecule has 1 rings (SSSR count). The van der Waals surface area contributed by atoms with Gasteiger partial charge in [-0.3, -0.25) is 0 Å². The smallest absolute Gasteiger partial charge is 0.302 e. The van der Waals surface area contributed by atoms with Crippen LogP contribution in [0.15, 0.2) is 10.9 Å². The van der Waals surface area contributed by atoms with Gasteiger partial charge in [0.05, 0.1) is 16.2 Å². The molecule has 48 valence electrons. The predicted molar refractivity (Wildman–Crippen MR) is 32.2 cm³/mol. The van der Waals surface area contributed by atoms with E-state index in [0.29, 0.717) is 0 Å². The number of nitrogens with zero attached hydrogens (tertiary/aromatic N) is 1. The lowest BCUT2D eigenvalue weighted by Gasteiger charge is -1.80. The van der Waals surface area contributed by atoms with Gasteiger partial charge in [-0.05, 0) is 6.92 Å². The first-order valence-electron chi connectivity index (χ1n) is 2.35. The lowest BCUT2D eigenvalue weighted by Crippen LogP contribution is -2.15. The number of carbonyl (C=O) groups excluding carboxylic acids is 1. The largest absolute Gasteiger partial charge is 0.500 e. The molecule has 1 aromatic rings. The van der Waals surface area contributed by atoms with Gasteiger partial charge in [-0.25, -0.2) is 4.98 Å². The first kappa shape index (κ1) is 6.22. The maximum atomic E-state index is 10.1. The summed E-state index contributed by atoms with van der Waals surface area (Å²) in [7, 11) is -0.857. The second-order valence-electron chi connectivity index (χ2n) is 1.62. The van der Waals surface area contributed by atoms with Crippen LogP contribution in [0, 0.1) is 6.92 Å². The van der Waals surface area contributed by atoms with Crippen LogP contribution in [-0.4, -0.2) is 10.3 Å². The predicted octanol–water partition coefficient (Wildman–Crippen LogP) is 0.331. The Morgan fingerprint density at radius 2 is 2.56 bits per heavy atom. The molecule has 0 aliphatic rings. The molecule has 0 amide bonds. The Morgan fingerprint density at radius 1 is 1.89 bits per heavy atom. The summed E-state index contributed by atoms with van der Waals surface area (Å²) in [5, 5.41) is 10.6. The Kier molecular flexibility index (Phi) is 1.48. The van der Waals surface area contributed by atoms with E-state index in [0.717, 1.165) is 5.69 Å². The highest BCUT2D eigenvalue weighted by Crippen LogP contribution is 2.15. The van der Waals surface area contributed by atoms with E-state index in [9.17, 15) is 9.90 Å².